The number of rotatable bonds is 7. The van der Waals surface area contributed by atoms with Gasteiger partial charge in [-0.2, -0.15) is 15.0 Å². The molecule has 0 aliphatic rings. The Morgan fingerprint density at radius 1 is 1.20 bits per heavy atom. The van der Waals surface area contributed by atoms with Crippen molar-refractivity contribution in [3.63, 3.8) is 0 Å². The van der Waals surface area contributed by atoms with Gasteiger partial charge >= 0.3 is 12.0 Å². The van der Waals surface area contributed by atoms with Gasteiger partial charge in [0.25, 0.3) is 6.43 Å². The Kier molecular flexibility index (Phi) is 6.40. The summed E-state index contributed by atoms with van der Waals surface area (Å²) in [5, 5.41) is 2.60. The molecule has 7 nitrogen and oxygen atoms in total. The highest BCUT2D eigenvalue weighted by atomic mass is 35.5. The Labute approximate surface area is 147 Å². The van der Waals surface area contributed by atoms with Crippen LogP contribution in [0.15, 0.2) is 24.3 Å². The van der Waals surface area contributed by atoms with Crippen LogP contribution in [0, 0.1) is 0 Å². The summed E-state index contributed by atoms with van der Waals surface area (Å²) in [5.41, 5.74) is 0.928. The fourth-order valence-electron chi connectivity index (χ4n) is 1.69. The van der Waals surface area contributed by atoms with Crippen LogP contribution in [0.5, 0.6) is 6.01 Å². The quantitative estimate of drug-likeness (QED) is 0.744. The van der Waals surface area contributed by atoms with E-state index in [9.17, 15) is 13.6 Å². The molecule has 0 spiro atoms. The number of carbonyl (C=O) groups excluding carboxylic acids is 1. The van der Waals surface area contributed by atoms with Gasteiger partial charge in [0.2, 0.25) is 11.2 Å². The molecule has 0 saturated carbocycles. The third kappa shape index (κ3) is 6.11. The lowest BCUT2D eigenvalue weighted by atomic mass is 10.2. The fraction of sp³-hybridized carbons (Fsp3) is 0.333. The van der Waals surface area contributed by atoms with E-state index >= 15 is 0 Å². The number of nitrogens with zero attached hydrogens (tertiary/aromatic N) is 3. The predicted molar refractivity (Wildman–Crippen MR) is 86.6 cm³/mol. The monoisotopic (exact) mass is 372 g/mol. The molecule has 134 valence electrons. The van der Waals surface area contributed by atoms with E-state index in [1.54, 1.807) is 38.1 Å². The van der Waals surface area contributed by atoms with Gasteiger partial charge in [-0.3, -0.25) is 0 Å². The molecule has 0 unspecified atom stereocenters. The van der Waals surface area contributed by atoms with E-state index in [0.29, 0.717) is 11.3 Å². The molecule has 0 saturated heterocycles. The number of hydrogen-bond donors (Lipinski definition) is 1. The van der Waals surface area contributed by atoms with E-state index in [-0.39, 0.29) is 23.3 Å². The SMILES string of the molecule is CC(C)OC(=O)c1ccc(Nc2nc(Cl)nc(OCC(F)F)n2)cc1. The molecule has 0 aliphatic carbocycles. The first-order chi connectivity index (χ1) is 11.8. The lowest BCUT2D eigenvalue weighted by Crippen LogP contribution is -2.11. The molecule has 2 aromatic rings. The van der Waals surface area contributed by atoms with Gasteiger partial charge in [0.05, 0.1) is 11.7 Å². The van der Waals surface area contributed by atoms with Crippen molar-refractivity contribution in [2.24, 2.45) is 0 Å². The molecule has 1 N–H and O–H groups in total. The van der Waals surface area contributed by atoms with Crippen LogP contribution in [0.2, 0.25) is 5.28 Å². The van der Waals surface area contributed by atoms with Gasteiger partial charge in [0.15, 0.2) is 6.61 Å². The number of benzene rings is 1. The number of carbonyl (C=O) groups is 1. The molecule has 10 heteroatoms. The molecule has 0 radical (unpaired) electrons. The first kappa shape index (κ1) is 18.8. The van der Waals surface area contributed by atoms with Crippen LogP contribution in [0.1, 0.15) is 24.2 Å². The summed E-state index contributed by atoms with van der Waals surface area (Å²) in [4.78, 5) is 23.0. The molecule has 2 rings (SSSR count). The van der Waals surface area contributed by atoms with Gasteiger partial charge in [-0.05, 0) is 49.7 Å². The number of nitrogens with one attached hydrogen (secondary N) is 1. The molecule has 0 aliphatic heterocycles. The second-order valence-electron chi connectivity index (χ2n) is 5.07. The largest absolute Gasteiger partial charge is 0.459 e. The molecule has 0 amide bonds. The van der Waals surface area contributed by atoms with Crippen molar-refractivity contribution in [3.05, 3.63) is 35.1 Å². The zero-order chi connectivity index (χ0) is 18.4. The highest BCUT2D eigenvalue weighted by molar-refractivity contribution is 6.28. The molecule has 25 heavy (non-hydrogen) atoms. The number of alkyl halides is 2. The average molecular weight is 373 g/mol. The first-order valence-electron chi connectivity index (χ1n) is 7.24. The summed E-state index contributed by atoms with van der Waals surface area (Å²) in [6.45, 7) is 2.66. The summed E-state index contributed by atoms with van der Waals surface area (Å²) in [7, 11) is 0. The zero-order valence-corrected chi connectivity index (χ0v) is 14.1. The lowest BCUT2D eigenvalue weighted by Gasteiger charge is -2.09. The van der Waals surface area contributed by atoms with E-state index < -0.39 is 19.0 Å². The van der Waals surface area contributed by atoms with Gasteiger partial charge in [-0.25, -0.2) is 13.6 Å². The molecular weight excluding hydrogens is 358 g/mol. The Morgan fingerprint density at radius 2 is 1.88 bits per heavy atom. The standard InChI is InChI=1S/C15H15ClF2N4O3/c1-8(2)25-12(23)9-3-5-10(6-4-9)19-14-20-13(16)21-15(22-14)24-7-11(17)18/h3-6,8,11H,7H2,1-2H3,(H,19,20,21,22). The van der Waals surface area contributed by atoms with Gasteiger partial charge in [0.1, 0.15) is 0 Å². The second kappa shape index (κ2) is 8.52. The molecule has 0 fully saturated rings. The van der Waals surface area contributed by atoms with E-state index in [2.05, 4.69) is 20.3 Å². The summed E-state index contributed by atoms with van der Waals surface area (Å²) < 4.78 is 34.1. The summed E-state index contributed by atoms with van der Waals surface area (Å²) in [6.07, 6.45) is -2.88. The summed E-state index contributed by atoms with van der Waals surface area (Å²) in [6, 6.07) is 6.01. The maximum Gasteiger partial charge on any atom is 0.338 e. The maximum atomic E-state index is 12.2. The first-order valence-corrected chi connectivity index (χ1v) is 7.62. The molecule has 0 bridgehead atoms. The van der Waals surface area contributed by atoms with Crippen LogP contribution >= 0.6 is 11.6 Å². The highest BCUT2D eigenvalue weighted by Crippen LogP contribution is 2.18. The molecule has 0 atom stereocenters. The third-order valence-corrected chi connectivity index (χ3v) is 2.81. The number of aromatic nitrogens is 3. The van der Waals surface area contributed by atoms with Crippen LogP contribution in [0.3, 0.4) is 0 Å². The zero-order valence-electron chi connectivity index (χ0n) is 13.4. The number of hydrogen-bond acceptors (Lipinski definition) is 7. The van der Waals surface area contributed by atoms with Crippen LogP contribution in [0.25, 0.3) is 0 Å². The van der Waals surface area contributed by atoms with Crippen molar-refractivity contribution in [1.82, 2.24) is 15.0 Å². The van der Waals surface area contributed by atoms with E-state index in [1.165, 1.54) is 0 Å². The molecule has 1 aromatic carbocycles. The van der Waals surface area contributed by atoms with E-state index in [0.717, 1.165) is 0 Å². The van der Waals surface area contributed by atoms with Crippen LogP contribution in [0.4, 0.5) is 20.4 Å². The number of halogens is 3. The molecule has 1 heterocycles. The second-order valence-corrected chi connectivity index (χ2v) is 5.41. The van der Waals surface area contributed by atoms with E-state index in [1.807, 2.05) is 0 Å². The minimum atomic E-state index is -2.66. The Bertz CT molecular complexity index is 729. The Morgan fingerprint density at radius 3 is 2.48 bits per heavy atom. The van der Waals surface area contributed by atoms with Crippen molar-refractivity contribution >= 4 is 29.2 Å². The Balaban J connectivity index is 2.07. The van der Waals surface area contributed by atoms with E-state index in [4.69, 9.17) is 21.1 Å². The number of esters is 1. The van der Waals surface area contributed by atoms with Gasteiger partial charge in [-0.1, -0.05) is 0 Å². The Hall–Kier alpha value is -2.55. The highest BCUT2D eigenvalue weighted by Gasteiger charge is 2.11. The van der Waals surface area contributed by atoms with Crippen molar-refractivity contribution in [2.45, 2.75) is 26.4 Å². The topological polar surface area (TPSA) is 86.2 Å². The van der Waals surface area contributed by atoms with Crippen LogP contribution in [-0.2, 0) is 4.74 Å². The normalized spacial score (nSPS) is 10.8. The fourth-order valence-corrected chi connectivity index (χ4v) is 1.84. The average Bonchev–Trinajstić information content (AvgIpc) is 2.52. The van der Waals surface area contributed by atoms with Crippen molar-refractivity contribution < 1.29 is 23.0 Å². The van der Waals surface area contributed by atoms with Gasteiger partial charge in [-0.15, -0.1) is 0 Å². The van der Waals surface area contributed by atoms with Crippen LogP contribution < -0.4 is 10.1 Å². The molecular formula is C15H15ClF2N4O3. The number of ether oxygens (including phenoxy) is 2. The minimum absolute atomic E-state index is 0.0155. The maximum absolute atomic E-state index is 12.2. The van der Waals surface area contributed by atoms with Crippen LogP contribution in [-0.4, -0.2) is 40.1 Å². The number of anilines is 2. The predicted octanol–water partition coefficient (Wildman–Crippen LogP) is 3.48. The third-order valence-electron chi connectivity index (χ3n) is 2.65. The van der Waals surface area contributed by atoms with Crippen molar-refractivity contribution in [2.75, 3.05) is 11.9 Å². The molecule has 1 aromatic heterocycles. The summed E-state index contributed by atoms with van der Waals surface area (Å²) in [5.74, 6) is -0.422. The van der Waals surface area contributed by atoms with Crippen molar-refractivity contribution in [1.29, 1.82) is 0 Å². The van der Waals surface area contributed by atoms with Gasteiger partial charge in [0, 0.05) is 5.69 Å². The smallest absolute Gasteiger partial charge is 0.338 e. The lowest BCUT2D eigenvalue weighted by molar-refractivity contribution is 0.0378. The minimum Gasteiger partial charge on any atom is -0.459 e. The summed E-state index contributed by atoms with van der Waals surface area (Å²) >= 11 is 5.72. The van der Waals surface area contributed by atoms with Crippen molar-refractivity contribution in [3.8, 4) is 6.01 Å². The van der Waals surface area contributed by atoms with Gasteiger partial charge < -0.3 is 14.8 Å².